The summed E-state index contributed by atoms with van der Waals surface area (Å²) < 4.78 is 5.45. The second kappa shape index (κ2) is 4.14. The van der Waals surface area contributed by atoms with Gasteiger partial charge in [-0.1, -0.05) is 20.8 Å². The first kappa shape index (κ1) is 13.3. The van der Waals surface area contributed by atoms with Crippen molar-refractivity contribution in [2.75, 3.05) is 6.61 Å². The topological polar surface area (TPSA) is 66.8 Å². The van der Waals surface area contributed by atoms with E-state index in [-0.39, 0.29) is 30.1 Å². The first-order valence-corrected chi connectivity index (χ1v) is 7.17. The van der Waals surface area contributed by atoms with Gasteiger partial charge in [0.2, 0.25) is 5.79 Å². The molecule has 0 aromatic rings. The van der Waals surface area contributed by atoms with Crippen molar-refractivity contribution >= 4 is 5.78 Å². The van der Waals surface area contributed by atoms with Gasteiger partial charge in [0.1, 0.15) is 6.10 Å². The van der Waals surface area contributed by atoms with Gasteiger partial charge in [0.05, 0.1) is 6.61 Å². The number of ether oxygens (including phenoxy) is 1. The van der Waals surface area contributed by atoms with E-state index in [1.165, 1.54) is 0 Å². The fourth-order valence-electron chi connectivity index (χ4n) is 4.12. The molecule has 0 radical (unpaired) electrons. The highest BCUT2D eigenvalue weighted by Gasteiger charge is 2.59. The van der Waals surface area contributed by atoms with E-state index < -0.39 is 11.9 Å². The summed E-state index contributed by atoms with van der Waals surface area (Å²) in [5.41, 5.74) is 1.31. The number of aliphatic hydroxyl groups is 2. The third-order valence-electron chi connectivity index (χ3n) is 5.21. The zero-order chi connectivity index (χ0) is 13.9. The summed E-state index contributed by atoms with van der Waals surface area (Å²) in [5.74, 6) is -0.764. The van der Waals surface area contributed by atoms with Crippen molar-refractivity contribution in [1.29, 1.82) is 0 Å². The third-order valence-corrected chi connectivity index (χ3v) is 5.21. The van der Waals surface area contributed by atoms with Crippen LogP contribution in [0.2, 0.25) is 0 Å². The molecule has 0 saturated heterocycles. The van der Waals surface area contributed by atoms with E-state index >= 15 is 0 Å². The molecule has 1 heterocycles. The van der Waals surface area contributed by atoms with E-state index in [1.54, 1.807) is 0 Å². The highest BCUT2D eigenvalue weighted by molar-refractivity contribution is 5.98. The molecule has 2 aliphatic carbocycles. The summed E-state index contributed by atoms with van der Waals surface area (Å²) in [6.45, 7) is 6.33. The van der Waals surface area contributed by atoms with Crippen molar-refractivity contribution < 1.29 is 19.7 Å². The predicted octanol–water partition coefficient (Wildman–Crippen LogP) is 1.26. The Balaban J connectivity index is 2.11. The van der Waals surface area contributed by atoms with Crippen molar-refractivity contribution in [3.8, 4) is 0 Å². The lowest BCUT2D eigenvalue weighted by Gasteiger charge is -2.47. The van der Waals surface area contributed by atoms with Gasteiger partial charge in [-0.25, -0.2) is 0 Å². The third kappa shape index (κ3) is 1.66. The van der Waals surface area contributed by atoms with Crippen LogP contribution in [0, 0.1) is 23.7 Å². The van der Waals surface area contributed by atoms with Gasteiger partial charge < -0.3 is 14.9 Å². The zero-order valence-electron chi connectivity index (χ0n) is 11.7. The van der Waals surface area contributed by atoms with Crippen molar-refractivity contribution in [3.63, 3.8) is 0 Å². The SMILES string of the molecule is CC(C)[C@H]1CC(=O)C2=C3[C@@H]1C[C@H](C)[C@H](O)C3(O)OC2. The Labute approximate surface area is 113 Å². The lowest BCUT2D eigenvalue weighted by molar-refractivity contribution is -0.243. The largest absolute Gasteiger partial charge is 0.387 e. The maximum atomic E-state index is 12.2. The van der Waals surface area contributed by atoms with Gasteiger partial charge in [0.15, 0.2) is 5.78 Å². The average molecular weight is 266 g/mol. The van der Waals surface area contributed by atoms with Crippen LogP contribution in [0.5, 0.6) is 0 Å². The second-order valence-corrected chi connectivity index (χ2v) is 6.68. The minimum absolute atomic E-state index is 0.0208. The van der Waals surface area contributed by atoms with Gasteiger partial charge in [-0.2, -0.15) is 0 Å². The summed E-state index contributed by atoms with van der Waals surface area (Å²) in [7, 11) is 0. The van der Waals surface area contributed by atoms with Crippen LogP contribution in [-0.4, -0.2) is 34.5 Å². The molecule has 5 atom stereocenters. The van der Waals surface area contributed by atoms with Crippen LogP contribution in [0.3, 0.4) is 0 Å². The Hall–Kier alpha value is -0.710. The maximum absolute atomic E-state index is 12.2. The Morgan fingerprint density at radius 1 is 1.42 bits per heavy atom. The summed E-state index contributed by atoms with van der Waals surface area (Å²) >= 11 is 0. The van der Waals surface area contributed by atoms with Crippen molar-refractivity contribution in [2.24, 2.45) is 23.7 Å². The van der Waals surface area contributed by atoms with Gasteiger partial charge in [-0.15, -0.1) is 0 Å². The molecule has 0 spiro atoms. The molecule has 0 bridgehead atoms. The molecule has 4 heteroatoms. The first-order valence-electron chi connectivity index (χ1n) is 7.17. The molecule has 1 saturated carbocycles. The number of hydrogen-bond acceptors (Lipinski definition) is 4. The highest BCUT2D eigenvalue weighted by Crippen LogP contribution is 2.53. The van der Waals surface area contributed by atoms with Crippen LogP contribution in [0.4, 0.5) is 0 Å². The molecule has 3 aliphatic rings. The molecule has 0 amide bonds. The van der Waals surface area contributed by atoms with E-state index in [4.69, 9.17) is 4.74 Å². The van der Waals surface area contributed by atoms with Crippen LogP contribution in [-0.2, 0) is 9.53 Å². The zero-order valence-corrected chi connectivity index (χ0v) is 11.7. The van der Waals surface area contributed by atoms with Gasteiger partial charge in [0.25, 0.3) is 0 Å². The Kier molecular flexibility index (Phi) is 2.89. The molecule has 106 valence electrons. The molecule has 4 nitrogen and oxygen atoms in total. The summed E-state index contributed by atoms with van der Waals surface area (Å²) in [6.07, 6.45) is 0.431. The fourth-order valence-corrected chi connectivity index (χ4v) is 4.12. The lowest BCUT2D eigenvalue weighted by atomic mass is 9.61. The van der Waals surface area contributed by atoms with Crippen LogP contribution in [0.15, 0.2) is 11.1 Å². The monoisotopic (exact) mass is 266 g/mol. The molecular formula is C15H22O4. The van der Waals surface area contributed by atoms with E-state index in [1.807, 2.05) is 6.92 Å². The van der Waals surface area contributed by atoms with E-state index in [9.17, 15) is 15.0 Å². The summed E-state index contributed by atoms with van der Waals surface area (Å²) in [5, 5.41) is 20.9. The highest BCUT2D eigenvalue weighted by atomic mass is 16.6. The normalized spacial score (nSPS) is 45.9. The van der Waals surface area contributed by atoms with Crippen molar-refractivity contribution in [3.05, 3.63) is 11.1 Å². The maximum Gasteiger partial charge on any atom is 0.216 e. The fraction of sp³-hybridized carbons (Fsp3) is 0.800. The Morgan fingerprint density at radius 2 is 2.11 bits per heavy atom. The molecular weight excluding hydrogens is 244 g/mol. The van der Waals surface area contributed by atoms with Crippen LogP contribution >= 0.6 is 0 Å². The van der Waals surface area contributed by atoms with Gasteiger partial charge in [-0.3, -0.25) is 4.79 Å². The van der Waals surface area contributed by atoms with E-state index in [0.717, 1.165) is 6.42 Å². The summed E-state index contributed by atoms with van der Waals surface area (Å²) in [4.78, 5) is 12.2. The summed E-state index contributed by atoms with van der Waals surface area (Å²) in [6, 6.07) is 0. The van der Waals surface area contributed by atoms with E-state index in [2.05, 4.69) is 13.8 Å². The van der Waals surface area contributed by atoms with Crippen LogP contribution in [0.1, 0.15) is 33.6 Å². The first-order chi connectivity index (χ1) is 8.86. The minimum atomic E-state index is -1.62. The minimum Gasteiger partial charge on any atom is -0.387 e. The van der Waals surface area contributed by atoms with Crippen LogP contribution < -0.4 is 0 Å². The molecule has 0 aromatic carbocycles. The number of rotatable bonds is 1. The average Bonchev–Trinajstić information content (AvgIpc) is 2.70. The number of aliphatic hydroxyl groups excluding tert-OH is 1. The smallest absolute Gasteiger partial charge is 0.216 e. The number of ketones is 1. The van der Waals surface area contributed by atoms with Crippen molar-refractivity contribution in [2.45, 2.75) is 45.5 Å². The molecule has 19 heavy (non-hydrogen) atoms. The molecule has 1 unspecified atom stereocenters. The molecule has 2 N–H and O–H groups in total. The molecule has 0 aromatic heterocycles. The Morgan fingerprint density at radius 3 is 2.74 bits per heavy atom. The molecule has 1 aliphatic heterocycles. The standard InChI is InChI=1S/C15H22O4/c1-7(2)9-5-12(16)11-6-19-15(18)13(11)10(9)4-8(3)14(15)17/h7-10,14,17-18H,4-6H2,1-3H3/t8-,9+,10+,14-,15?/m0/s1. The quantitative estimate of drug-likeness (QED) is 0.750. The number of hydrogen-bond donors (Lipinski definition) is 2. The number of Topliss-reactive ketones (excluding diaryl/α,β-unsaturated/α-hetero) is 1. The van der Waals surface area contributed by atoms with E-state index in [0.29, 0.717) is 23.5 Å². The van der Waals surface area contributed by atoms with Gasteiger partial charge >= 0.3 is 0 Å². The Bertz CT molecular complexity index is 453. The van der Waals surface area contributed by atoms with Crippen molar-refractivity contribution in [1.82, 2.24) is 0 Å². The lowest BCUT2D eigenvalue weighted by Crippen LogP contribution is -2.55. The number of carbonyl (C=O) groups excluding carboxylic acids is 1. The predicted molar refractivity (Wildman–Crippen MR) is 69.2 cm³/mol. The second-order valence-electron chi connectivity index (χ2n) is 6.68. The van der Waals surface area contributed by atoms with Gasteiger partial charge in [-0.05, 0) is 30.1 Å². The van der Waals surface area contributed by atoms with Crippen LogP contribution in [0.25, 0.3) is 0 Å². The van der Waals surface area contributed by atoms with Gasteiger partial charge in [0, 0.05) is 17.6 Å². The molecule has 1 fully saturated rings. The number of carbonyl (C=O) groups is 1. The molecule has 3 rings (SSSR count).